The first-order valence-electron chi connectivity index (χ1n) is 8.45. The number of hydrogen-bond donors (Lipinski definition) is 1. The molecule has 2 aromatic carbocycles. The summed E-state index contributed by atoms with van der Waals surface area (Å²) >= 11 is 7.35. The highest BCUT2D eigenvalue weighted by Gasteiger charge is 2.25. The minimum Gasteiger partial charge on any atom is -0.482 e. The summed E-state index contributed by atoms with van der Waals surface area (Å²) in [6.07, 6.45) is 0. The lowest BCUT2D eigenvalue weighted by atomic mass is 10.0. The Bertz CT molecular complexity index is 1000. The van der Waals surface area contributed by atoms with E-state index in [9.17, 15) is 9.59 Å². The third-order valence-corrected chi connectivity index (χ3v) is 5.32. The smallest absolute Gasteiger partial charge is 0.341 e. The first-order valence-corrected chi connectivity index (χ1v) is 9.65. The summed E-state index contributed by atoms with van der Waals surface area (Å²) in [5.41, 5.74) is 1.96. The van der Waals surface area contributed by atoms with Crippen molar-refractivity contribution >= 4 is 39.8 Å². The standard InChI is InChI=1S/C21H18ClNO4S/c1-13-18(14-8-4-3-5-9-14)19(21(25)26-2)20(28-13)23-17(24)12-27-16-11-7-6-10-15(16)22/h3-11H,12H2,1-2H3,(H,23,24). The number of hydrogen-bond acceptors (Lipinski definition) is 5. The van der Waals surface area contributed by atoms with E-state index >= 15 is 0 Å². The van der Waals surface area contributed by atoms with E-state index in [1.54, 1.807) is 24.3 Å². The molecule has 3 rings (SSSR count). The topological polar surface area (TPSA) is 64.6 Å². The van der Waals surface area contributed by atoms with Crippen molar-refractivity contribution in [3.63, 3.8) is 0 Å². The number of carbonyl (C=O) groups is 2. The van der Waals surface area contributed by atoms with Crippen LogP contribution < -0.4 is 10.1 Å². The molecule has 1 N–H and O–H groups in total. The van der Waals surface area contributed by atoms with Crippen LogP contribution in [0.5, 0.6) is 5.75 Å². The van der Waals surface area contributed by atoms with Crippen molar-refractivity contribution in [1.82, 2.24) is 0 Å². The monoisotopic (exact) mass is 415 g/mol. The van der Waals surface area contributed by atoms with E-state index in [-0.39, 0.29) is 6.61 Å². The number of aryl methyl sites for hydroxylation is 1. The lowest BCUT2D eigenvalue weighted by molar-refractivity contribution is -0.118. The zero-order chi connectivity index (χ0) is 20.1. The number of amides is 1. The van der Waals surface area contributed by atoms with Crippen LogP contribution in [-0.4, -0.2) is 25.6 Å². The van der Waals surface area contributed by atoms with Crippen LogP contribution in [0.1, 0.15) is 15.2 Å². The number of benzene rings is 2. The maximum atomic E-state index is 12.4. The molecule has 1 aromatic heterocycles. The molecule has 0 unspecified atom stereocenters. The number of esters is 1. The highest BCUT2D eigenvalue weighted by molar-refractivity contribution is 7.17. The van der Waals surface area contributed by atoms with Gasteiger partial charge in [-0.25, -0.2) is 4.79 Å². The number of rotatable bonds is 6. The molecule has 1 heterocycles. The Hall–Kier alpha value is -2.83. The van der Waals surface area contributed by atoms with E-state index in [4.69, 9.17) is 21.1 Å². The van der Waals surface area contributed by atoms with Gasteiger partial charge in [0.2, 0.25) is 0 Å². The largest absolute Gasteiger partial charge is 0.482 e. The Morgan fingerprint density at radius 1 is 1.07 bits per heavy atom. The Kier molecular flexibility index (Phi) is 6.34. The molecule has 0 saturated heterocycles. The third kappa shape index (κ3) is 4.35. The Morgan fingerprint density at radius 3 is 2.43 bits per heavy atom. The molecule has 0 fully saturated rings. The number of thiophene rings is 1. The molecule has 5 nitrogen and oxygen atoms in total. The fourth-order valence-corrected chi connectivity index (χ4v) is 4.02. The van der Waals surface area contributed by atoms with Gasteiger partial charge in [0.25, 0.3) is 5.91 Å². The van der Waals surface area contributed by atoms with Crippen LogP contribution in [0.25, 0.3) is 11.1 Å². The highest BCUT2D eigenvalue weighted by Crippen LogP contribution is 2.40. The van der Waals surface area contributed by atoms with Gasteiger partial charge >= 0.3 is 5.97 Å². The molecule has 0 saturated carbocycles. The van der Waals surface area contributed by atoms with E-state index < -0.39 is 11.9 Å². The van der Waals surface area contributed by atoms with Crippen LogP contribution in [0.15, 0.2) is 54.6 Å². The Morgan fingerprint density at radius 2 is 1.75 bits per heavy atom. The molecule has 0 aliphatic rings. The zero-order valence-electron chi connectivity index (χ0n) is 15.3. The Balaban J connectivity index is 1.84. The molecular formula is C21H18ClNO4S. The van der Waals surface area contributed by atoms with Crippen LogP contribution in [-0.2, 0) is 9.53 Å². The van der Waals surface area contributed by atoms with Gasteiger partial charge in [0.1, 0.15) is 16.3 Å². The number of halogens is 1. The first-order chi connectivity index (χ1) is 13.5. The minimum atomic E-state index is -0.509. The van der Waals surface area contributed by atoms with Gasteiger partial charge in [-0.1, -0.05) is 54.1 Å². The fourth-order valence-electron chi connectivity index (χ4n) is 2.75. The summed E-state index contributed by atoms with van der Waals surface area (Å²) in [6.45, 7) is 1.66. The van der Waals surface area contributed by atoms with Crippen molar-refractivity contribution in [3.05, 3.63) is 70.1 Å². The molecular weight excluding hydrogens is 398 g/mol. The van der Waals surface area contributed by atoms with Crippen molar-refractivity contribution in [3.8, 4) is 16.9 Å². The third-order valence-electron chi connectivity index (χ3n) is 3.98. The maximum absolute atomic E-state index is 12.4. The number of anilines is 1. The van der Waals surface area contributed by atoms with Gasteiger partial charge in [-0.3, -0.25) is 4.79 Å². The summed E-state index contributed by atoms with van der Waals surface area (Å²) in [4.78, 5) is 25.7. The molecule has 0 aliphatic heterocycles. The molecule has 0 aliphatic carbocycles. The fraction of sp³-hybridized carbons (Fsp3) is 0.143. The van der Waals surface area contributed by atoms with Crippen LogP contribution in [0.2, 0.25) is 5.02 Å². The van der Waals surface area contributed by atoms with E-state index in [1.165, 1.54) is 18.4 Å². The van der Waals surface area contributed by atoms with E-state index in [0.717, 1.165) is 16.0 Å². The van der Waals surface area contributed by atoms with Crippen molar-refractivity contribution in [2.24, 2.45) is 0 Å². The maximum Gasteiger partial charge on any atom is 0.341 e. The van der Waals surface area contributed by atoms with Gasteiger partial charge < -0.3 is 14.8 Å². The average molecular weight is 416 g/mol. The van der Waals surface area contributed by atoms with Gasteiger partial charge in [-0.05, 0) is 24.6 Å². The summed E-state index contributed by atoms with van der Waals surface area (Å²) in [5, 5.41) is 3.60. The first kappa shape index (κ1) is 19.9. The quantitative estimate of drug-likeness (QED) is 0.563. The van der Waals surface area contributed by atoms with E-state index in [2.05, 4.69) is 5.32 Å². The second-order valence-electron chi connectivity index (χ2n) is 5.86. The van der Waals surface area contributed by atoms with Gasteiger partial charge in [-0.2, -0.15) is 0 Å². The van der Waals surface area contributed by atoms with Crippen LogP contribution in [0.4, 0.5) is 5.00 Å². The molecule has 7 heteroatoms. The van der Waals surface area contributed by atoms with Crippen LogP contribution in [0.3, 0.4) is 0 Å². The molecule has 0 atom stereocenters. The number of ether oxygens (including phenoxy) is 2. The molecule has 1 amide bonds. The normalized spacial score (nSPS) is 10.4. The van der Waals surface area contributed by atoms with Crippen LogP contribution >= 0.6 is 22.9 Å². The van der Waals surface area contributed by atoms with Crippen molar-refractivity contribution in [2.45, 2.75) is 6.92 Å². The van der Waals surface area contributed by atoms with Crippen molar-refractivity contribution < 1.29 is 19.1 Å². The van der Waals surface area contributed by atoms with Crippen molar-refractivity contribution in [1.29, 1.82) is 0 Å². The molecule has 0 bridgehead atoms. The zero-order valence-corrected chi connectivity index (χ0v) is 16.9. The molecule has 144 valence electrons. The summed E-state index contributed by atoms with van der Waals surface area (Å²) in [5.74, 6) is -0.490. The summed E-state index contributed by atoms with van der Waals surface area (Å²) < 4.78 is 10.4. The van der Waals surface area contributed by atoms with Crippen molar-refractivity contribution in [2.75, 3.05) is 19.0 Å². The molecule has 3 aromatic rings. The van der Waals surface area contributed by atoms with Crippen LogP contribution in [0, 0.1) is 6.92 Å². The van der Waals surface area contributed by atoms with Gasteiger partial charge in [-0.15, -0.1) is 11.3 Å². The number of para-hydroxylation sites is 1. The van der Waals surface area contributed by atoms with Gasteiger partial charge in [0, 0.05) is 10.4 Å². The van der Waals surface area contributed by atoms with Gasteiger partial charge in [0.15, 0.2) is 6.61 Å². The average Bonchev–Trinajstić information content (AvgIpc) is 3.03. The summed E-state index contributed by atoms with van der Waals surface area (Å²) in [7, 11) is 1.32. The predicted octanol–water partition coefficient (Wildman–Crippen LogP) is 5.18. The SMILES string of the molecule is COC(=O)c1c(NC(=O)COc2ccccc2Cl)sc(C)c1-c1ccccc1. The van der Waals surface area contributed by atoms with E-state index in [1.807, 2.05) is 37.3 Å². The van der Waals surface area contributed by atoms with Gasteiger partial charge in [0.05, 0.1) is 12.1 Å². The second-order valence-corrected chi connectivity index (χ2v) is 7.49. The summed E-state index contributed by atoms with van der Waals surface area (Å²) in [6, 6.07) is 16.4. The lowest BCUT2D eigenvalue weighted by Crippen LogP contribution is -2.21. The minimum absolute atomic E-state index is 0.234. The highest BCUT2D eigenvalue weighted by atomic mass is 35.5. The number of carbonyl (C=O) groups excluding carboxylic acids is 2. The second kappa shape index (κ2) is 8.91. The number of methoxy groups -OCH3 is 1. The predicted molar refractivity (Wildman–Crippen MR) is 111 cm³/mol. The molecule has 0 radical (unpaired) electrons. The van der Waals surface area contributed by atoms with E-state index in [0.29, 0.717) is 21.3 Å². The molecule has 0 spiro atoms. The lowest BCUT2D eigenvalue weighted by Gasteiger charge is -2.09. The Labute approximate surface area is 171 Å². The number of nitrogens with one attached hydrogen (secondary N) is 1. The molecule has 28 heavy (non-hydrogen) atoms.